The van der Waals surface area contributed by atoms with Crippen LogP contribution in [0.4, 0.5) is 10.5 Å². The first-order valence-electron chi connectivity index (χ1n) is 6.83. The predicted octanol–water partition coefficient (Wildman–Crippen LogP) is 3.04. The number of hydrogen-bond donors (Lipinski definition) is 3. The van der Waals surface area contributed by atoms with Gasteiger partial charge in [-0.1, -0.05) is 5.57 Å². The number of carboxylic acid groups (broad SMARTS) is 1. The van der Waals surface area contributed by atoms with Crippen molar-refractivity contribution in [3.05, 3.63) is 42.0 Å². The summed E-state index contributed by atoms with van der Waals surface area (Å²) < 4.78 is 4.99. The monoisotopic (exact) mass is 307 g/mol. The fourth-order valence-electron chi connectivity index (χ4n) is 1.95. The number of anilines is 1. The molecule has 0 spiro atoms. The molecular weight excluding hydrogens is 286 g/mol. The molecule has 0 bridgehead atoms. The summed E-state index contributed by atoms with van der Waals surface area (Å²) in [5, 5.41) is 21.3. The number of hydrogen-bond acceptors (Lipinski definition) is 4. The molecule has 1 atom stereocenters. The number of carboxylic acids is 1. The van der Waals surface area contributed by atoms with Crippen molar-refractivity contribution < 1.29 is 24.5 Å². The molecule has 0 saturated heterocycles. The predicted molar refractivity (Wildman–Crippen MR) is 83.0 cm³/mol. The van der Waals surface area contributed by atoms with Crippen LogP contribution in [-0.2, 0) is 4.74 Å². The van der Waals surface area contributed by atoms with Crippen LogP contribution in [0.15, 0.2) is 36.4 Å². The maximum Gasteiger partial charge on any atom is 0.411 e. The Balaban J connectivity index is 2.40. The van der Waals surface area contributed by atoms with Crippen molar-refractivity contribution in [3.63, 3.8) is 0 Å². The second kappa shape index (κ2) is 7.61. The molecule has 0 aliphatic rings. The Morgan fingerprint density at radius 3 is 2.41 bits per heavy atom. The largest absolute Gasteiger partial charge is 0.478 e. The van der Waals surface area contributed by atoms with Crippen LogP contribution in [0, 0.1) is 0 Å². The van der Waals surface area contributed by atoms with E-state index in [2.05, 4.69) is 11.9 Å². The third-order valence-corrected chi connectivity index (χ3v) is 2.93. The molecule has 0 aliphatic carbocycles. The Bertz CT molecular complexity index is 548. The number of benzene rings is 1. The van der Waals surface area contributed by atoms with E-state index in [1.165, 1.54) is 24.3 Å². The van der Waals surface area contributed by atoms with Crippen LogP contribution in [0.25, 0.3) is 0 Å². The Morgan fingerprint density at radius 2 is 1.91 bits per heavy atom. The minimum absolute atomic E-state index is 0.0688. The number of rotatable bonds is 7. The molecule has 1 rings (SSSR count). The van der Waals surface area contributed by atoms with Gasteiger partial charge in [-0.25, -0.2) is 9.59 Å². The van der Waals surface area contributed by atoms with Crippen molar-refractivity contribution in [2.24, 2.45) is 0 Å². The van der Waals surface area contributed by atoms with Gasteiger partial charge in [0, 0.05) is 12.1 Å². The SMILES string of the molecule is C=C(C)CC(C)(O)CCOC(=O)Nc1ccc(C(=O)O)cc1. The number of nitrogens with one attached hydrogen (secondary N) is 1. The quantitative estimate of drug-likeness (QED) is 0.673. The van der Waals surface area contributed by atoms with Crippen molar-refractivity contribution in [2.75, 3.05) is 11.9 Å². The molecule has 0 radical (unpaired) electrons. The average Bonchev–Trinajstić information content (AvgIpc) is 2.37. The summed E-state index contributed by atoms with van der Waals surface area (Å²) in [5.41, 5.74) is 0.460. The number of amides is 1. The first-order valence-corrected chi connectivity index (χ1v) is 6.83. The van der Waals surface area contributed by atoms with E-state index in [9.17, 15) is 14.7 Å². The third-order valence-electron chi connectivity index (χ3n) is 2.93. The molecule has 3 N–H and O–H groups in total. The van der Waals surface area contributed by atoms with E-state index in [1.807, 2.05) is 6.92 Å². The molecule has 6 nitrogen and oxygen atoms in total. The standard InChI is InChI=1S/C16H21NO5/c1-11(2)10-16(3,21)8-9-22-15(20)17-13-6-4-12(5-7-13)14(18)19/h4-7,21H,1,8-10H2,2-3H3,(H,17,20)(H,18,19). The molecule has 120 valence electrons. The van der Waals surface area contributed by atoms with E-state index in [-0.39, 0.29) is 12.2 Å². The molecule has 0 aromatic heterocycles. The zero-order chi connectivity index (χ0) is 16.8. The molecule has 6 heteroatoms. The van der Waals surface area contributed by atoms with E-state index < -0.39 is 17.7 Å². The molecule has 0 heterocycles. The van der Waals surface area contributed by atoms with Gasteiger partial charge < -0.3 is 14.9 Å². The second-order valence-corrected chi connectivity index (χ2v) is 5.52. The van der Waals surface area contributed by atoms with E-state index in [0.29, 0.717) is 18.5 Å². The van der Waals surface area contributed by atoms with Crippen LogP contribution in [0.5, 0.6) is 0 Å². The molecule has 0 saturated carbocycles. The van der Waals surface area contributed by atoms with Gasteiger partial charge >= 0.3 is 12.1 Å². The van der Waals surface area contributed by atoms with Crippen LogP contribution in [0.2, 0.25) is 0 Å². The highest BCUT2D eigenvalue weighted by Crippen LogP contribution is 2.19. The van der Waals surface area contributed by atoms with Crippen LogP contribution in [0.1, 0.15) is 37.0 Å². The van der Waals surface area contributed by atoms with E-state index in [4.69, 9.17) is 9.84 Å². The van der Waals surface area contributed by atoms with E-state index in [1.54, 1.807) is 6.92 Å². The molecule has 0 fully saturated rings. The maximum absolute atomic E-state index is 11.6. The van der Waals surface area contributed by atoms with Gasteiger partial charge in [-0.15, -0.1) is 6.58 Å². The number of aliphatic hydroxyl groups is 1. The van der Waals surface area contributed by atoms with Gasteiger partial charge in [0.15, 0.2) is 0 Å². The third kappa shape index (κ3) is 6.41. The Hall–Kier alpha value is -2.34. The first kappa shape index (κ1) is 17.7. The zero-order valence-electron chi connectivity index (χ0n) is 12.8. The van der Waals surface area contributed by atoms with Gasteiger partial charge in [-0.3, -0.25) is 5.32 Å². The molecule has 1 aromatic rings. The lowest BCUT2D eigenvalue weighted by Crippen LogP contribution is -2.27. The van der Waals surface area contributed by atoms with Gasteiger partial charge in [0.25, 0.3) is 0 Å². The molecule has 1 unspecified atom stereocenters. The molecule has 22 heavy (non-hydrogen) atoms. The first-order chi connectivity index (χ1) is 10.2. The van der Waals surface area contributed by atoms with Crippen molar-refractivity contribution >= 4 is 17.7 Å². The highest BCUT2D eigenvalue weighted by Gasteiger charge is 2.20. The van der Waals surface area contributed by atoms with Gasteiger partial charge in [0.05, 0.1) is 17.8 Å². The van der Waals surface area contributed by atoms with Crippen molar-refractivity contribution in [1.82, 2.24) is 0 Å². The summed E-state index contributed by atoms with van der Waals surface area (Å²) in [6.45, 7) is 7.29. The fraction of sp³-hybridized carbons (Fsp3) is 0.375. The molecule has 1 amide bonds. The normalized spacial score (nSPS) is 13.0. The average molecular weight is 307 g/mol. The van der Waals surface area contributed by atoms with E-state index in [0.717, 1.165) is 5.57 Å². The van der Waals surface area contributed by atoms with Crippen molar-refractivity contribution in [2.45, 2.75) is 32.3 Å². The highest BCUT2D eigenvalue weighted by molar-refractivity contribution is 5.89. The Kier molecular flexibility index (Phi) is 6.12. The summed E-state index contributed by atoms with van der Waals surface area (Å²) in [5.74, 6) is -1.03. The number of carbonyl (C=O) groups excluding carboxylic acids is 1. The lowest BCUT2D eigenvalue weighted by atomic mass is 9.95. The molecular formula is C16H21NO5. The van der Waals surface area contributed by atoms with Gasteiger partial charge in [0.2, 0.25) is 0 Å². The van der Waals surface area contributed by atoms with Gasteiger partial charge in [-0.05, 0) is 44.5 Å². The van der Waals surface area contributed by atoms with Crippen molar-refractivity contribution in [3.8, 4) is 0 Å². The number of aromatic carboxylic acids is 1. The smallest absolute Gasteiger partial charge is 0.411 e. The van der Waals surface area contributed by atoms with Crippen molar-refractivity contribution in [1.29, 1.82) is 0 Å². The zero-order valence-corrected chi connectivity index (χ0v) is 12.8. The van der Waals surface area contributed by atoms with Gasteiger partial charge in [0.1, 0.15) is 0 Å². The summed E-state index contributed by atoms with van der Waals surface area (Å²) in [6, 6.07) is 5.72. The number of carbonyl (C=O) groups is 2. The topological polar surface area (TPSA) is 95.9 Å². The maximum atomic E-state index is 11.6. The molecule has 0 aliphatic heterocycles. The second-order valence-electron chi connectivity index (χ2n) is 5.52. The van der Waals surface area contributed by atoms with Crippen LogP contribution < -0.4 is 5.32 Å². The fourth-order valence-corrected chi connectivity index (χ4v) is 1.95. The van der Waals surface area contributed by atoms with Crippen LogP contribution >= 0.6 is 0 Å². The summed E-state index contributed by atoms with van der Waals surface area (Å²) in [4.78, 5) is 22.3. The van der Waals surface area contributed by atoms with Crippen LogP contribution in [-0.4, -0.2) is 34.5 Å². The van der Waals surface area contributed by atoms with Gasteiger partial charge in [-0.2, -0.15) is 0 Å². The van der Waals surface area contributed by atoms with E-state index >= 15 is 0 Å². The Morgan fingerprint density at radius 1 is 1.32 bits per heavy atom. The lowest BCUT2D eigenvalue weighted by molar-refractivity contribution is 0.0306. The summed E-state index contributed by atoms with van der Waals surface area (Å²) in [6.07, 6.45) is 0.0778. The lowest BCUT2D eigenvalue weighted by Gasteiger charge is -2.23. The highest BCUT2D eigenvalue weighted by atomic mass is 16.5. The van der Waals surface area contributed by atoms with Crippen LogP contribution in [0.3, 0.4) is 0 Å². The Labute approximate surface area is 129 Å². The summed E-state index contributed by atoms with van der Waals surface area (Å²) in [7, 11) is 0. The minimum Gasteiger partial charge on any atom is -0.478 e. The summed E-state index contributed by atoms with van der Waals surface area (Å²) >= 11 is 0. The molecule has 1 aromatic carbocycles. The minimum atomic E-state index is -1.03. The number of ether oxygens (including phenoxy) is 1.